The molecule has 1 saturated heterocycles. The van der Waals surface area contributed by atoms with Gasteiger partial charge in [0, 0.05) is 13.1 Å². The first-order chi connectivity index (χ1) is 10.6. The fourth-order valence-electron chi connectivity index (χ4n) is 2.00. The molecule has 1 aliphatic rings. The number of nitrogens with zero attached hydrogens (tertiary/aromatic N) is 2. The SMILES string of the molecule is COc1cc(/C=N/NC(=O)CN2CCOCC2)cc(Br)c1O. The standard InChI is InChI=1S/C14H18BrN3O4/c1-21-12-7-10(6-11(15)14(12)20)8-16-17-13(19)9-18-2-4-22-5-3-18/h6-8,20H,2-5,9H2,1H3,(H,17,19)/b16-8+. The molecule has 1 heterocycles. The summed E-state index contributed by atoms with van der Waals surface area (Å²) < 4.78 is 10.8. The second-order valence-corrected chi connectivity index (χ2v) is 5.59. The molecule has 7 nitrogen and oxygen atoms in total. The molecule has 1 aliphatic heterocycles. The number of phenolic OH excluding ortho intramolecular Hbond substituents is 1. The molecule has 1 fully saturated rings. The lowest BCUT2D eigenvalue weighted by Crippen LogP contribution is -2.42. The highest BCUT2D eigenvalue weighted by molar-refractivity contribution is 9.10. The van der Waals surface area contributed by atoms with Crippen molar-refractivity contribution in [2.24, 2.45) is 5.10 Å². The molecule has 1 aromatic carbocycles. The summed E-state index contributed by atoms with van der Waals surface area (Å²) in [5, 5.41) is 13.6. The zero-order chi connectivity index (χ0) is 15.9. The predicted molar refractivity (Wildman–Crippen MR) is 85.4 cm³/mol. The van der Waals surface area contributed by atoms with E-state index in [0.29, 0.717) is 35.5 Å². The van der Waals surface area contributed by atoms with Crippen LogP contribution in [0.1, 0.15) is 5.56 Å². The molecule has 0 radical (unpaired) electrons. The summed E-state index contributed by atoms with van der Waals surface area (Å²) in [7, 11) is 1.46. The summed E-state index contributed by atoms with van der Waals surface area (Å²) in [6, 6.07) is 3.30. The molecule has 0 aromatic heterocycles. The predicted octanol–water partition coefficient (Wildman–Crippen LogP) is 0.946. The minimum absolute atomic E-state index is 0.0241. The van der Waals surface area contributed by atoms with E-state index >= 15 is 0 Å². The maximum absolute atomic E-state index is 11.8. The van der Waals surface area contributed by atoms with E-state index in [4.69, 9.17) is 9.47 Å². The van der Waals surface area contributed by atoms with Crippen molar-refractivity contribution in [2.75, 3.05) is 40.0 Å². The molecule has 0 unspecified atom stereocenters. The molecular weight excluding hydrogens is 354 g/mol. The van der Waals surface area contributed by atoms with Crippen LogP contribution < -0.4 is 10.2 Å². The van der Waals surface area contributed by atoms with Gasteiger partial charge in [-0.05, 0) is 33.6 Å². The lowest BCUT2D eigenvalue weighted by atomic mass is 10.2. The fraction of sp³-hybridized carbons (Fsp3) is 0.429. The Morgan fingerprint density at radius 2 is 2.27 bits per heavy atom. The highest BCUT2D eigenvalue weighted by Gasteiger charge is 2.13. The highest BCUT2D eigenvalue weighted by atomic mass is 79.9. The van der Waals surface area contributed by atoms with Crippen LogP contribution in [0.3, 0.4) is 0 Å². The Morgan fingerprint density at radius 1 is 1.55 bits per heavy atom. The van der Waals surface area contributed by atoms with E-state index in [1.807, 2.05) is 4.90 Å². The Labute approximate surface area is 137 Å². The van der Waals surface area contributed by atoms with Crippen molar-refractivity contribution in [3.8, 4) is 11.5 Å². The lowest BCUT2D eigenvalue weighted by molar-refractivity contribution is -0.123. The first-order valence-corrected chi connectivity index (χ1v) is 7.58. The van der Waals surface area contributed by atoms with E-state index < -0.39 is 0 Å². The molecule has 0 spiro atoms. The Balaban J connectivity index is 1.89. The van der Waals surface area contributed by atoms with Crippen molar-refractivity contribution in [1.82, 2.24) is 10.3 Å². The van der Waals surface area contributed by atoms with Gasteiger partial charge in [0.15, 0.2) is 11.5 Å². The number of amides is 1. The Bertz CT molecular complexity index is 559. The van der Waals surface area contributed by atoms with Gasteiger partial charge in [-0.2, -0.15) is 5.10 Å². The molecule has 2 N–H and O–H groups in total. The minimum Gasteiger partial charge on any atom is -0.503 e. The zero-order valence-corrected chi connectivity index (χ0v) is 13.8. The van der Waals surface area contributed by atoms with E-state index in [9.17, 15) is 9.90 Å². The van der Waals surface area contributed by atoms with Crippen LogP contribution in [0, 0.1) is 0 Å². The molecule has 1 aromatic rings. The number of nitrogens with one attached hydrogen (secondary N) is 1. The topological polar surface area (TPSA) is 83.4 Å². The number of aromatic hydroxyl groups is 1. The number of morpholine rings is 1. The van der Waals surface area contributed by atoms with Gasteiger partial charge >= 0.3 is 0 Å². The average molecular weight is 372 g/mol. The Kier molecular flexibility index (Phi) is 6.17. The average Bonchev–Trinajstić information content (AvgIpc) is 2.51. The van der Waals surface area contributed by atoms with Crippen molar-refractivity contribution in [3.63, 3.8) is 0 Å². The van der Waals surface area contributed by atoms with Gasteiger partial charge in [0.05, 0.1) is 37.6 Å². The number of carbonyl (C=O) groups excluding carboxylic acids is 1. The third-order valence-electron chi connectivity index (χ3n) is 3.14. The van der Waals surface area contributed by atoms with Crippen molar-refractivity contribution in [3.05, 3.63) is 22.2 Å². The monoisotopic (exact) mass is 371 g/mol. The first-order valence-electron chi connectivity index (χ1n) is 6.78. The molecule has 8 heteroatoms. The molecule has 0 aliphatic carbocycles. The largest absolute Gasteiger partial charge is 0.503 e. The number of benzene rings is 1. The highest BCUT2D eigenvalue weighted by Crippen LogP contribution is 2.34. The lowest BCUT2D eigenvalue weighted by Gasteiger charge is -2.25. The molecular formula is C14H18BrN3O4. The summed E-state index contributed by atoms with van der Waals surface area (Å²) in [5.41, 5.74) is 3.17. The number of carbonyl (C=O) groups is 1. The summed E-state index contributed by atoms with van der Waals surface area (Å²) in [5.74, 6) is 0.175. The van der Waals surface area contributed by atoms with Crippen LogP contribution in [0.25, 0.3) is 0 Å². The third-order valence-corrected chi connectivity index (χ3v) is 3.75. The zero-order valence-electron chi connectivity index (χ0n) is 12.2. The summed E-state index contributed by atoms with van der Waals surface area (Å²) in [6.07, 6.45) is 1.49. The number of ether oxygens (including phenoxy) is 2. The van der Waals surface area contributed by atoms with Gasteiger partial charge in [-0.3, -0.25) is 9.69 Å². The molecule has 0 saturated carbocycles. The Morgan fingerprint density at radius 3 is 2.95 bits per heavy atom. The van der Waals surface area contributed by atoms with Crippen LogP contribution in [-0.2, 0) is 9.53 Å². The van der Waals surface area contributed by atoms with Crippen LogP contribution in [0.4, 0.5) is 0 Å². The van der Waals surface area contributed by atoms with Gasteiger partial charge in [-0.1, -0.05) is 0 Å². The van der Waals surface area contributed by atoms with Gasteiger partial charge in [-0.15, -0.1) is 0 Å². The van der Waals surface area contributed by atoms with Gasteiger partial charge in [0.1, 0.15) is 0 Å². The molecule has 0 bridgehead atoms. The van der Waals surface area contributed by atoms with Crippen molar-refractivity contribution >= 4 is 28.1 Å². The van der Waals surface area contributed by atoms with E-state index in [-0.39, 0.29) is 11.7 Å². The van der Waals surface area contributed by atoms with E-state index in [1.165, 1.54) is 13.3 Å². The maximum atomic E-state index is 11.8. The molecule has 120 valence electrons. The van der Waals surface area contributed by atoms with Crippen LogP contribution >= 0.6 is 15.9 Å². The van der Waals surface area contributed by atoms with Crippen molar-refractivity contribution in [1.29, 1.82) is 0 Å². The smallest absolute Gasteiger partial charge is 0.254 e. The van der Waals surface area contributed by atoms with Crippen molar-refractivity contribution < 1.29 is 19.4 Å². The van der Waals surface area contributed by atoms with Crippen molar-refractivity contribution in [2.45, 2.75) is 0 Å². The quantitative estimate of drug-likeness (QED) is 0.594. The summed E-state index contributed by atoms with van der Waals surface area (Å²) >= 11 is 3.23. The summed E-state index contributed by atoms with van der Waals surface area (Å²) in [6.45, 7) is 3.09. The fourth-order valence-corrected chi connectivity index (χ4v) is 2.46. The number of halogens is 1. The Hall–Kier alpha value is -1.64. The van der Waals surface area contributed by atoms with Gasteiger partial charge in [0.2, 0.25) is 0 Å². The third kappa shape index (κ3) is 4.69. The molecule has 2 rings (SSSR count). The van der Waals surface area contributed by atoms with Crippen LogP contribution in [0.15, 0.2) is 21.7 Å². The van der Waals surface area contributed by atoms with Crippen LogP contribution in [0.5, 0.6) is 11.5 Å². The second-order valence-electron chi connectivity index (χ2n) is 4.74. The van der Waals surface area contributed by atoms with E-state index in [2.05, 4.69) is 26.5 Å². The van der Waals surface area contributed by atoms with Crippen LogP contribution in [0.2, 0.25) is 0 Å². The normalized spacial score (nSPS) is 15.9. The number of phenols is 1. The number of hydrogen-bond donors (Lipinski definition) is 2. The number of hydrazone groups is 1. The van der Waals surface area contributed by atoms with Gasteiger partial charge in [-0.25, -0.2) is 5.43 Å². The van der Waals surface area contributed by atoms with Gasteiger partial charge < -0.3 is 14.6 Å². The molecule has 1 amide bonds. The van der Waals surface area contributed by atoms with Crippen LogP contribution in [-0.4, -0.2) is 62.1 Å². The molecule has 0 atom stereocenters. The second kappa shape index (κ2) is 8.11. The minimum atomic E-state index is -0.178. The van der Waals surface area contributed by atoms with E-state index in [0.717, 1.165) is 13.1 Å². The summed E-state index contributed by atoms with van der Waals surface area (Å²) in [4.78, 5) is 13.8. The first kappa shape index (κ1) is 16.7. The van der Waals surface area contributed by atoms with E-state index in [1.54, 1.807) is 12.1 Å². The number of rotatable bonds is 5. The van der Waals surface area contributed by atoms with Gasteiger partial charge in [0.25, 0.3) is 5.91 Å². The number of hydrogen-bond acceptors (Lipinski definition) is 6. The molecule has 22 heavy (non-hydrogen) atoms. The number of methoxy groups -OCH3 is 1. The maximum Gasteiger partial charge on any atom is 0.254 e.